The highest BCUT2D eigenvalue weighted by Gasteiger charge is 2.32. The van der Waals surface area contributed by atoms with Crippen LogP contribution in [0.25, 0.3) is 5.65 Å². The molecule has 0 saturated carbocycles. The highest BCUT2D eigenvalue weighted by atomic mass is 19.4. The van der Waals surface area contributed by atoms with Crippen LogP contribution < -0.4 is 24.9 Å². The zero-order valence-electron chi connectivity index (χ0n) is 17.2. The van der Waals surface area contributed by atoms with E-state index in [2.05, 4.69) is 10.2 Å². The highest BCUT2D eigenvalue weighted by molar-refractivity contribution is 5.95. The van der Waals surface area contributed by atoms with Crippen molar-refractivity contribution in [2.24, 2.45) is 0 Å². The Morgan fingerprint density at radius 3 is 2.58 bits per heavy atom. The van der Waals surface area contributed by atoms with Crippen molar-refractivity contribution in [3.05, 3.63) is 47.1 Å². The molecule has 0 saturated heterocycles. The number of halogens is 3. The number of ketones is 1. The number of aromatic nitrogens is 4. The molecule has 1 N–H and O–H groups in total. The van der Waals surface area contributed by atoms with E-state index in [1.54, 1.807) is 12.1 Å². The number of benzene rings is 1. The zero-order chi connectivity index (χ0) is 22.8. The molecule has 0 spiro atoms. The highest BCUT2D eigenvalue weighted by Crippen LogP contribution is 2.32. The van der Waals surface area contributed by atoms with Gasteiger partial charge in [-0.25, -0.2) is 0 Å². The molecule has 0 radical (unpaired) electrons. The van der Waals surface area contributed by atoms with Crippen LogP contribution >= 0.6 is 0 Å². The van der Waals surface area contributed by atoms with Crippen LogP contribution in [0.15, 0.2) is 30.3 Å². The third-order valence-corrected chi connectivity index (χ3v) is 4.75. The summed E-state index contributed by atoms with van der Waals surface area (Å²) in [6.45, 7) is 3.60. The first-order valence-corrected chi connectivity index (χ1v) is 9.63. The van der Waals surface area contributed by atoms with E-state index in [0.29, 0.717) is 11.5 Å². The maximum Gasteiger partial charge on any atom is 0.416 e. The van der Waals surface area contributed by atoms with Gasteiger partial charge in [0.25, 0.3) is 5.88 Å². The fraction of sp³-hybridized carbons (Fsp3) is 0.400. The summed E-state index contributed by atoms with van der Waals surface area (Å²) in [4.78, 5) is 12.7. The largest absolute Gasteiger partial charge is 0.497 e. The summed E-state index contributed by atoms with van der Waals surface area (Å²) >= 11 is 0. The van der Waals surface area contributed by atoms with Crippen molar-refractivity contribution in [2.75, 3.05) is 7.11 Å². The van der Waals surface area contributed by atoms with Gasteiger partial charge in [-0.05, 0) is 36.1 Å². The summed E-state index contributed by atoms with van der Waals surface area (Å²) in [5, 5.41) is 16.2. The number of carbonyl (C=O) groups excluding carboxylic acids is 1. The first-order valence-electron chi connectivity index (χ1n) is 9.63. The fourth-order valence-corrected chi connectivity index (χ4v) is 3.03. The van der Waals surface area contributed by atoms with Gasteiger partial charge in [-0.1, -0.05) is 18.4 Å². The smallest absolute Gasteiger partial charge is 0.416 e. The quantitative estimate of drug-likeness (QED) is 0.432. The third kappa shape index (κ3) is 4.86. The molecule has 0 unspecified atom stereocenters. The number of nitrogens with zero attached hydrogens (tertiary/aromatic N) is 4. The average Bonchev–Trinajstić information content (AvgIpc) is 3.05. The summed E-state index contributed by atoms with van der Waals surface area (Å²) in [5.41, 5.74) is -1.07. The molecule has 0 aliphatic heterocycles. The molecule has 8 nitrogen and oxygen atoms in total. The molecule has 11 heteroatoms. The van der Waals surface area contributed by atoms with Gasteiger partial charge in [0.1, 0.15) is 11.9 Å². The number of hydrogen-bond acceptors (Lipinski definition) is 5. The molecule has 0 amide bonds. The van der Waals surface area contributed by atoms with Crippen molar-refractivity contribution >= 4 is 11.4 Å². The average molecular weight is 437 g/mol. The Kier molecular flexibility index (Phi) is 6.32. The van der Waals surface area contributed by atoms with E-state index >= 15 is 0 Å². The molecule has 3 rings (SSSR count). The van der Waals surface area contributed by atoms with E-state index in [-0.39, 0.29) is 29.6 Å². The number of rotatable bonds is 8. The number of nitrogens with one attached hydrogen (secondary N) is 1. The summed E-state index contributed by atoms with van der Waals surface area (Å²) in [6, 6.07) is 6.02. The zero-order valence-corrected chi connectivity index (χ0v) is 17.2. The van der Waals surface area contributed by atoms with E-state index in [0.717, 1.165) is 25.0 Å². The van der Waals surface area contributed by atoms with Crippen molar-refractivity contribution in [3.63, 3.8) is 0 Å². The number of ether oxygens (including phenoxy) is 2. The normalized spacial score (nSPS) is 11.8. The van der Waals surface area contributed by atoms with Gasteiger partial charge in [-0.3, -0.25) is 4.79 Å². The Morgan fingerprint density at radius 2 is 1.97 bits per heavy atom. The first kappa shape index (κ1) is 22.3. The van der Waals surface area contributed by atoms with E-state index in [9.17, 15) is 18.0 Å². The van der Waals surface area contributed by atoms with Crippen molar-refractivity contribution < 1.29 is 32.1 Å². The predicted octanol–water partition coefficient (Wildman–Crippen LogP) is 2.54. The van der Waals surface area contributed by atoms with Crippen LogP contribution in [0.3, 0.4) is 0 Å². The molecule has 31 heavy (non-hydrogen) atoms. The molecule has 0 aliphatic carbocycles. The molecule has 2 heterocycles. The lowest BCUT2D eigenvalue weighted by Gasteiger charge is -2.13. The standard InChI is InChI=1S/C20H22F3N5O3/c1-4-14(5-2)31-17-6-7-18-27(26-19(24)28(18)25-17)11-16(29)12-8-13(20(21,22)23)10-15(9-12)30-3/h6-10,14,24H,4-5,11H2,1-3H3. The van der Waals surface area contributed by atoms with Crippen molar-refractivity contribution in [3.8, 4) is 11.6 Å². The minimum atomic E-state index is -4.62. The van der Waals surface area contributed by atoms with Gasteiger partial charge in [0.2, 0.25) is 11.4 Å². The summed E-state index contributed by atoms with van der Waals surface area (Å²) in [7, 11) is 1.22. The minimum absolute atomic E-state index is 0.0211. The lowest BCUT2D eigenvalue weighted by molar-refractivity contribution is -0.721. The van der Waals surface area contributed by atoms with Crippen LogP contribution in [0.5, 0.6) is 11.6 Å². The van der Waals surface area contributed by atoms with E-state index in [1.165, 1.54) is 22.4 Å². The molecule has 1 aromatic carbocycles. The predicted molar refractivity (Wildman–Crippen MR) is 102 cm³/mol. The molecule has 3 aromatic rings. The second-order valence-corrected chi connectivity index (χ2v) is 6.85. The fourth-order valence-electron chi connectivity index (χ4n) is 3.03. The van der Waals surface area contributed by atoms with Gasteiger partial charge >= 0.3 is 11.8 Å². The molecular weight excluding hydrogens is 415 g/mol. The molecule has 0 aliphatic rings. The van der Waals surface area contributed by atoms with Crippen LogP contribution in [0.2, 0.25) is 0 Å². The molecule has 0 bridgehead atoms. The van der Waals surface area contributed by atoms with Crippen LogP contribution in [0.1, 0.15) is 42.6 Å². The summed E-state index contributed by atoms with van der Waals surface area (Å²) in [5.74, 6) is -0.385. The van der Waals surface area contributed by atoms with Gasteiger partial charge in [0, 0.05) is 17.7 Å². The third-order valence-electron chi connectivity index (χ3n) is 4.75. The van der Waals surface area contributed by atoms with Gasteiger partial charge in [0.05, 0.1) is 12.7 Å². The Hall–Kier alpha value is -3.37. The Bertz CT molecular complexity index is 1150. The van der Waals surface area contributed by atoms with Crippen LogP contribution in [0.4, 0.5) is 13.2 Å². The van der Waals surface area contributed by atoms with Gasteiger partial charge < -0.3 is 14.9 Å². The number of carbonyl (C=O) groups is 1. The molecular formula is C20H22F3N5O3. The Balaban J connectivity index is 1.92. The maximum atomic E-state index is 13.1. The second kappa shape index (κ2) is 8.78. The minimum Gasteiger partial charge on any atom is -0.497 e. The van der Waals surface area contributed by atoms with Crippen LogP contribution in [-0.2, 0) is 12.7 Å². The number of alkyl halides is 3. The lowest BCUT2D eigenvalue weighted by atomic mass is 10.1. The number of hydrogen-bond donors (Lipinski definition) is 1. The van der Waals surface area contributed by atoms with Crippen molar-refractivity contribution in [1.29, 1.82) is 5.41 Å². The van der Waals surface area contributed by atoms with E-state index in [4.69, 9.17) is 14.9 Å². The van der Waals surface area contributed by atoms with Crippen LogP contribution in [-0.4, -0.2) is 28.6 Å². The molecule has 0 fully saturated rings. The SMILES string of the molecule is CCC(CC)Oc1ccc2n(n1)c(=N)[n-][n+]2CC(=O)c1cc(OC)cc(C(F)(F)F)c1. The second-order valence-electron chi connectivity index (χ2n) is 6.85. The van der Waals surface area contributed by atoms with Crippen LogP contribution in [0, 0.1) is 5.41 Å². The van der Waals surface area contributed by atoms with Crippen molar-refractivity contribution in [2.45, 2.75) is 45.5 Å². The topological polar surface area (TPSA) is 94.7 Å². The first-order chi connectivity index (χ1) is 14.7. The van der Waals surface area contributed by atoms with E-state index < -0.39 is 17.5 Å². The van der Waals surface area contributed by atoms with Gasteiger partial charge in [0.15, 0.2) is 6.54 Å². The van der Waals surface area contributed by atoms with E-state index in [1.807, 2.05) is 13.8 Å². The number of fused-ring (bicyclic) bond motifs is 1. The number of methoxy groups -OCH3 is 1. The monoisotopic (exact) mass is 437 g/mol. The Morgan fingerprint density at radius 1 is 1.26 bits per heavy atom. The molecule has 0 atom stereocenters. The van der Waals surface area contributed by atoms with Gasteiger partial charge in [-0.2, -0.15) is 23.0 Å². The summed E-state index contributed by atoms with van der Waals surface area (Å²) < 4.78 is 52.5. The lowest BCUT2D eigenvalue weighted by Crippen LogP contribution is -2.43. The molecule has 166 valence electrons. The molecule has 2 aromatic heterocycles. The maximum absolute atomic E-state index is 13.1. The van der Waals surface area contributed by atoms with Gasteiger partial charge in [-0.15, -0.1) is 0 Å². The van der Waals surface area contributed by atoms with Crippen molar-refractivity contribution in [1.82, 2.24) is 14.7 Å². The number of Topliss-reactive ketones (excluding diaryl/α,β-unsaturated/α-hetero) is 1. The Labute approximate surface area is 175 Å². The summed E-state index contributed by atoms with van der Waals surface area (Å²) in [6.07, 6.45) is -3.06.